The Labute approximate surface area is 158 Å². The number of rotatable bonds is 3. The summed E-state index contributed by atoms with van der Waals surface area (Å²) in [5.41, 5.74) is 6.93. The van der Waals surface area contributed by atoms with Crippen LogP contribution >= 0.6 is 0 Å². The number of benzene rings is 2. The number of methoxy groups -OCH3 is 1. The highest BCUT2D eigenvalue weighted by Crippen LogP contribution is 2.46. The third-order valence-electron chi connectivity index (χ3n) is 4.61. The maximum absolute atomic E-state index is 14.6. The Morgan fingerprint density at radius 3 is 2.43 bits per heavy atom. The van der Waals surface area contributed by atoms with Crippen molar-refractivity contribution in [1.82, 2.24) is 10.2 Å². The van der Waals surface area contributed by atoms with E-state index in [2.05, 4.69) is 10.2 Å². The van der Waals surface area contributed by atoms with Crippen LogP contribution in [0.15, 0.2) is 53.9 Å². The molecule has 0 saturated carbocycles. The molecule has 6 nitrogen and oxygen atoms in total. The first-order chi connectivity index (χ1) is 13.5. The van der Waals surface area contributed by atoms with Crippen molar-refractivity contribution in [2.45, 2.75) is 5.92 Å². The van der Waals surface area contributed by atoms with Gasteiger partial charge in [0.2, 0.25) is 11.8 Å². The van der Waals surface area contributed by atoms with Crippen LogP contribution in [0.5, 0.6) is 11.6 Å². The molecule has 0 saturated heterocycles. The predicted molar refractivity (Wildman–Crippen MR) is 96.2 cm³/mol. The smallest absolute Gasteiger partial charge is 0.244 e. The molecule has 0 spiro atoms. The van der Waals surface area contributed by atoms with Crippen molar-refractivity contribution in [3.63, 3.8) is 0 Å². The van der Waals surface area contributed by atoms with Gasteiger partial charge in [-0.1, -0.05) is 6.07 Å². The Balaban J connectivity index is 1.97. The minimum Gasteiger partial charge on any atom is -0.497 e. The molecule has 0 bridgehead atoms. The first-order valence-corrected chi connectivity index (χ1v) is 8.29. The monoisotopic (exact) mass is 380 g/mol. The van der Waals surface area contributed by atoms with Gasteiger partial charge >= 0.3 is 0 Å². The molecule has 4 rings (SSSR count). The Bertz CT molecular complexity index is 1110. The Morgan fingerprint density at radius 1 is 1.14 bits per heavy atom. The van der Waals surface area contributed by atoms with Crippen LogP contribution in [0.1, 0.15) is 17.0 Å². The second kappa shape index (κ2) is 6.70. The number of aromatic nitrogens is 2. The van der Waals surface area contributed by atoms with Crippen molar-refractivity contribution in [3.8, 4) is 29.0 Å². The van der Waals surface area contributed by atoms with E-state index in [4.69, 9.17) is 15.2 Å². The number of aromatic amines is 1. The first kappa shape index (κ1) is 17.5. The third-order valence-corrected chi connectivity index (χ3v) is 4.61. The molecule has 140 valence electrons. The summed E-state index contributed by atoms with van der Waals surface area (Å²) in [4.78, 5) is 0. The minimum absolute atomic E-state index is 0.0648. The molecule has 1 aliphatic heterocycles. The van der Waals surface area contributed by atoms with Gasteiger partial charge in [-0.25, -0.2) is 8.78 Å². The van der Waals surface area contributed by atoms with Crippen LogP contribution < -0.4 is 15.2 Å². The number of ether oxygens (including phenoxy) is 2. The summed E-state index contributed by atoms with van der Waals surface area (Å²) >= 11 is 0. The zero-order valence-corrected chi connectivity index (χ0v) is 14.7. The van der Waals surface area contributed by atoms with E-state index in [0.717, 1.165) is 12.1 Å². The average molecular weight is 380 g/mol. The van der Waals surface area contributed by atoms with Gasteiger partial charge in [0.15, 0.2) is 0 Å². The number of H-pyrrole nitrogens is 1. The fourth-order valence-electron chi connectivity index (χ4n) is 3.30. The van der Waals surface area contributed by atoms with Crippen molar-refractivity contribution in [2.75, 3.05) is 7.11 Å². The maximum Gasteiger partial charge on any atom is 0.244 e. The van der Waals surface area contributed by atoms with Crippen LogP contribution in [0.4, 0.5) is 8.78 Å². The second-order valence-corrected chi connectivity index (χ2v) is 6.11. The third kappa shape index (κ3) is 2.65. The number of nitrogens with zero attached hydrogens (tertiary/aromatic N) is 2. The summed E-state index contributed by atoms with van der Waals surface area (Å²) in [6.45, 7) is 0. The highest BCUT2D eigenvalue weighted by molar-refractivity contribution is 5.71. The van der Waals surface area contributed by atoms with Crippen molar-refractivity contribution in [3.05, 3.63) is 76.7 Å². The predicted octanol–water partition coefficient (Wildman–Crippen LogP) is 3.58. The van der Waals surface area contributed by atoms with E-state index >= 15 is 0 Å². The number of nitriles is 1. The summed E-state index contributed by atoms with van der Waals surface area (Å²) < 4.78 is 39.8. The van der Waals surface area contributed by atoms with Crippen molar-refractivity contribution in [2.24, 2.45) is 5.73 Å². The van der Waals surface area contributed by atoms with E-state index in [1.807, 2.05) is 6.07 Å². The number of halogens is 2. The van der Waals surface area contributed by atoms with Crippen LogP contribution in [0.25, 0.3) is 11.3 Å². The van der Waals surface area contributed by atoms with Gasteiger partial charge in [0.1, 0.15) is 29.0 Å². The Kier molecular flexibility index (Phi) is 4.20. The molecule has 3 aromatic rings. The maximum atomic E-state index is 14.6. The molecule has 0 fully saturated rings. The summed E-state index contributed by atoms with van der Waals surface area (Å²) in [5.74, 6) is -2.22. The van der Waals surface area contributed by atoms with E-state index in [-0.39, 0.29) is 22.9 Å². The summed E-state index contributed by atoms with van der Waals surface area (Å²) in [6.07, 6.45) is 0. The highest BCUT2D eigenvalue weighted by atomic mass is 19.1. The molecule has 8 heteroatoms. The quantitative estimate of drug-likeness (QED) is 0.724. The van der Waals surface area contributed by atoms with Crippen molar-refractivity contribution < 1.29 is 18.3 Å². The largest absolute Gasteiger partial charge is 0.497 e. The zero-order chi connectivity index (χ0) is 19.8. The van der Waals surface area contributed by atoms with Crippen LogP contribution in [0.3, 0.4) is 0 Å². The molecule has 2 aromatic carbocycles. The molecule has 0 aliphatic carbocycles. The highest BCUT2D eigenvalue weighted by Gasteiger charge is 2.38. The SMILES string of the molecule is COc1ccc(-c2[nH]nc3c2C(c2c(F)cccc2F)C(C#N)=C(N)O3)cc1. The van der Waals surface area contributed by atoms with Crippen LogP contribution in [-0.4, -0.2) is 17.3 Å². The lowest BCUT2D eigenvalue weighted by atomic mass is 9.82. The van der Waals surface area contributed by atoms with Gasteiger partial charge in [0.05, 0.1) is 24.3 Å². The summed E-state index contributed by atoms with van der Waals surface area (Å²) in [6, 6.07) is 12.4. The lowest BCUT2D eigenvalue weighted by Gasteiger charge is -2.24. The summed E-state index contributed by atoms with van der Waals surface area (Å²) in [7, 11) is 1.55. The fourth-order valence-corrected chi connectivity index (χ4v) is 3.30. The standard InChI is InChI=1S/C20H14F2N4O2/c1-27-11-7-5-10(6-8-11)18-17-15(16-13(21)3-2-4-14(16)22)12(9-23)19(24)28-20(17)26-25-18/h2-8,15H,24H2,1H3,(H,25,26). The number of fused-ring (bicyclic) bond motifs is 1. The molecule has 1 unspecified atom stereocenters. The Hall–Kier alpha value is -3.86. The lowest BCUT2D eigenvalue weighted by Crippen LogP contribution is -2.22. The van der Waals surface area contributed by atoms with Gasteiger partial charge in [-0.3, -0.25) is 5.10 Å². The van der Waals surface area contributed by atoms with Crippen LogP contribution in [-0.2, 0) is 0 Å². The van der Waals surface area contributed by atoms with Gasteiger partial charge in [-0.2, -0.15) is 5.26 Å². The molecule has 0 amide bonds. The summed E-state index contributed by atoms with van der Waals surface area (Å²) in [5, 5.41) is 16.5. The normalized spacial score (nSPS) is 15.6. The van der Waals surface area contributed by atoms with Crippen molar-refractivity contribution in [1.29, 1.82) is 5.26 Å². The minimum atomic E-state index is -1.11. The Morgan fingerprint density at radius 2 is 1.82 bits per heavy atom. The second-order valence-electron chi connectivity index (χ2n) is 6.11. The van der Waals surface area contributed by atoms with E-state index in [1.54, 1.807) is 31.4 Å². The first-order valence-electron chi connectivity index (χ1n) is 8.29. The van der Waals surface area contributed by atoms with E-state index in [1.165, 1.54) is 6.07 Å². The lowest BCUT2D eigenvalue weighted by molar-refractivity contribution is 0.376. The van der Waals surface area contributed by atoms with Gasteiger partial charge < -0.3 is 15.2 Å². The number of hydrogen-bond acceptors (Lipinski definition) is 5. The van der Waals surface area contributed by atoms with Gasteiger partial charge in [-0.15, -0.1) is 5.10 Å². The van der Waals surface area contributed by atoms with Gasteiger partial charge in [0.25, 0.3) is 0 Å². The van der Waals surface area contributed by atoms with E-state index in [9.17, 15) is 14.0 Å². The van der Waals surface area contributed by atoms with E-state index < -0.39 is 17.6 Å². The fraction of sp³-hybridized carbons (Fsp3) is 0.100. The van der Waals surface area contributed by atoms with Crippen LogP contribution in [0.2, 0.25) is 0 Å². The topological polar surface area (TPSA) is 97.0 Å². The van der Waals surface area contributed by atoms with Gasteiger partial charge in [0, 0.05) is 11.1 Å². The number of nitrogens with one attached hydrogen (secondary N) is 1. The van der Waals surface area contributed by atoms with Crippen molar-refractivity contribution >= 4 is 0 Å². The molecule has 0 radical (unpaired) electrons. The molecule has 3 N–H and O–H groups in total. The molecular weight excluding hydrogens is 366 g/mol. The molecule has 1 aliphatic rings. The molecular formula is C20H14F2N4O2. The zero-order valence-electron chi connectivity index (χ0n) is 14.7. The van der Waals surface area contributed by atoms with Gasteiger partial charge in [-0.05, 0) is 36.4 Å². The van der Waals surface area contributed by atoms with E-state index in [0.29, 0.717) is 22.6 Å². The molecule has 28 heavy (non-hydrogen) atoms. The number of nitrogens with two attached hydrogens (primary N) is 1. The average Bonchev–Trinajstić information content (AvgIpc) is 3.11. The molecule has 1 atom stereocenters. The number of allylic oxidation sites excluding steroid dienone is 1. The molecule has 2 heterocycles. The molecule has 1 aromatic heterocycles. The number of hydrogen-bond donors (Lipinski definition) is 2. The van der Waals surface area contributed by atoms with Crippen LogP contribution in [0, 0.1) is 23.0 Å².